The molecule has 1 aromatic rings. The topological polar surface area (TPSA) is 76.7 Å². The summed E-state index contributed by atoms with van der Waals surface area (Å²) in [6.07, 6.45) is -0.650. The van der Waals surface area contributed by atoms with Crippen LogP contribution in [0.5, 0.6) is 0 Å². The van der Waals surface area contributed by atoms with Gasteiger partial charge in [-0.3, -0.25) is 9.63 Å². The molecule has 0 fully saturated rings. The first-order valence-electron chi connectivity index (χ1n) is 6.02. The van der Waals surface area contributed by atoms with Gasteiger partial charge in [-0.05, 0) is 19.4 Å². The lowest BCUT2D eigenvalue weighted by molar-refractivity contribution is -0.134. The third kappa shape index (κ3) is 5.87. The van der Waals surface area contributed by atoms with Crippen LogP contribution < -0.4 is 10.8 Å². The fourth-order valence-corrected chi connectivity index (χ4v) is 1.24. The Labute approximate surface area is 112 Å². The molecule has 0 saturated carbocycles. The van der Waals surface area contributed by atoms with E-state index in [1.54, 1.807) is 6.92 Å². The van der Waals surface area contributed by atoms with Gasteiger partial charge in [0.2, 0.25) is 0 Å². The zero-order valence-electron chi connectivity index (χ0n) is 11.0. The van der Waals surface area contributed by atoms with Crippen molar-refractivity contribution in [3.63, 3.8) is 0 Å². The second kappa shape index (κ2) is 8.10. The summed E-state index contributed by atoms with van der Waals surface area (Å²) in [6, 6.07) is 8.55. The molecule has 0 aliphatic carbocycles. The first-order valence-corrected chi connectivity index (χ1v) is 6.02. The number of hydrogen-bond acceptors (Lipinski definition) is 4. The minimum atomic E-state index is -0.727. The summed E-state index contributed by atoms with van der Waals surface area (Å²) < 4.78 is 4.98. The largest absolute Gasteiger partial charge is 0.445 e. The van der Waals surface area contributed by atoms with Gasteiger partial charge in [0.15, 0.2) is 0 Å². The van der Waals surface area contributed by atoms with Crippen LogP contribution >= 0.6 is 0 Å². The van der Waals surface area contributed by atoms with Gasteiger partial charge in [0.25, 0.3) is 5.91 Å². The van der Waals surface area contributed by atoms with E-state index in [9.17, 15) is 9.59 Å². The van der Waals surface area contributed by atoms with Crippen molar-refractivity contribution in [3.8, 4) is 0 Å². The van der Waals surface area contributed by atoms with Crippen LogP contribution in [-0.2, 0) is 21.0 Å². The predicted octanol–water partition coefficient (Wildman–Crippen LogP) is 1.37. The summed E-state index contributed by atoms with van der Waals surface area (Å²) in [4.78, 5) is 27.6. The van der Waals surface area contributed by atoms with Gasteiger partial charge in [0.05, 0.1) is 6.61 Å². The minimum absolute atomic E-state index is 0.159. The number of amides is 2. The number of carbonyl (C=O) groups excluding carboxylic acids is 2. The van der Waals surface area contributed by atoms with Crippen molar-refractivity contribution in [2.24, 2.45) is 0 Å². The Balaban J connectivity index is 2.29. The van der Waals surface area contributed by atoms with Crippen molar-refractivity contribution < 1.29 is 19.2 Å². The van der Waals surface area contributed by atoms with E-state index in [2.05, 4.69) is 10.8 Å². The van der Waals surface area contributed by atoms with E-state index in [0.717, 1.165) is 5.56 Å². The van der Waals surface area contributed by atoms with E-state index in [1.165, 1.54) is 6.92 Å². The highest BCUT2D eigenvalue weighted by Gasteiger charge is 2.16. The summed E-state index contributed by atoms with van der Waals surface area (Å²) in [5.74, 6) is -0.432. The molecular weight excluding hydrogens is 248 g/mol. The van der Waals surface area contributed by atoms with Gasteiger partial charge in [-0.1, -0.05) is 30.3 Å². The summed E-state index contributed by atoms with van der Waals surface area (Å²) >= 11 is 0. The number of carbonyl (C=O) groups is 2. The fraction of sp³-hybridized carbons (Fsp3) is 0.385. The lowest BCUT2D eigenvalue weighted by atomic mass is 10.2. The second-order valence-electron chi connectivity index (χ2n) is 3.83. The molecule has 1 aromatic carbocycles. The highest BCUT2D eigenvalue weighted by Crippen LogP contribution is 2.00. The molecule has 0 aliphatic heterocycles. The third-order valence-corrected chi connectivity index (χ3v) is 2.26. The van der Waals surface area contributed by atoms with E-state index in [1.807, 2.05) is 30.3 Å². The predicted molar refractivity (Wildman–Crippen MR) is 69.0 cm³/mol. The molecule has 0 aliphatic rings. The Kier molecular flexibility index (Phi) is 6.38. The highest BCUT2D eigenvalue weighted by molar-refractivity contribution is 5.84. The second-order valence-corrected chi connectivity index (χ2v) is 3.83. The lowest BCUT2D eigenvalue weighted by Crippen LogP contribution is -2.44. The molecule has 0 radical (unpaired) electrons. The highest BCUT2D eigenvalue weighted by atomic mass is 16.6. The molecule has 19 heavy (non-hydrogen) atoms. The zero-order valence-corrected chi connectivity index (χ0v) is 11.0. The molecule has 6 heteroatoms. The molecule has 6 nitrogen and oxygen atoms in total. The molecule has 0 spiro atoms. The third-order valence-electron chi connectivity index (χ3n) is 2.26. The number of alkyl carbamates (subject to hydrolysis) is 1. The standard InChI is InChI=1S/C13H18N2O4/c1-3-19-15-12(16)10(2)14-13(17)18-9-11-7-5-4-6-8-11/h4-8,10H,3,9H2,1-2H3,(H,14,17)(H,15,16). The van der Waals surface area contributed by atoms with Crippen molar-refractivity contribution in [1.29, 1.82) is 0 Å². The van der Waals surface area contributed by atoms with Gasteiger partial charge in [0.1, 0.15) is 12.6 Å². The maximum atomic E-state index is 11.5. The summed E-state index contributed by atoms with van der Waals surface area (Å²) in [5.41, 5.74) is 3.08. The van der Waals surface area contributed by atoms with Crippen LogP contribution in [0.4, 0.5) is 4.79 Å². The van der Waals surface area contributed by atoms with Crippen LogP contribution in [0.25, 0.3) is 0 Å². The molecule has 2 amide bonds. The van der Waals surface area contributed by atoms with Crippen LogP contribution in [0.2, 0.25) is 0 Å². The Bertz CT molecular complexity index is 408. The van der Waals surface area contributed by atoms with Gasteiger partial charge >= 0.3 is 6.09 Å². The number of benzene rings is 1. The van der Waals surface area contributed by atoms with Crippen molar-refractivity contribution in [2.75, 3.05) is 6.61 Å². The summed E-state index contributed by atoms with van der Waals surface area (Å²) in [6.45, 7) is 3.80. The lowest BCUT2D eigenvalue weighted by Gasteiger charge is -2.13. The van der Waals surface area contributed by atoms with E-state index >= 15 is 0 Å². The Morgan fingerprint density at radius 1 is 1.26 bits per heavy atom. The van der Waals surface area contributed by atoms with Crippen LogP contribution in [-0.4, -0.2) is 24.6 Å². The van der Waals surface area contributed by atoms with Crippen molar-refractivity contribution in [1.82, 2.24) is 10.8 Å². The molecule has 1 atom stereocenters. The van der Waals surface area contributed by atoms with Gasteiger partial charge in [-0.15, -0.1) is 0 Å². The zero-order chi connectivity index (χ0) is 14.1. The van der Waals surface area contributed by atoms with Gasteiger partial charge in [0, 0.05) is 0 Å². The Hall–Kier alpha value is -2.08. The van der Waals surface area contributed by atoms with E-state index < -0.39 is 18.0 Å². The summed E-state index contributed by atoms with van der Waals surface area (Å²) in [5, 5.41) is 2.41. The van der Waals surface area contributed by atoms with Crippen LogP contribution in [0.1, 0.15) is 19.4 Å². The molecule has 0 bridgehead atoms. The number of hydrogen-bond donors (Lipinski definition) is 2. The SMILES string of the molecule is CCONC(=O)C(C)NC(=O)OCc1ccccc1. The molecule has 2 N–H and O–H groups in total. The van der Waals surface area contributed by atoms with E-state index in [4.69, 9.17) is 9.57 Å². The van der Waals surface area contributed by atoms with E-state index in [-0.39, 0.29) is 6.61 Å². The maximum Gasteiger partial charge on any atom is 0.408 e. The van der Waals surface area contributed by atoms with Gasteiger partial charge < -0.3 is 10.1 Å². The Morgan fingerprint density at radius 2 is 1.95 bits per heavy atom. The summed E-state index contributed by atoms with van der Waals surface area (Å²) in [7, 11) is 0. The van der Waals surface area contributed by atoms with Crippen molar-refractivity contribution in [3.05, 3.63) is 35.9 Å². The van der Waals surface area contributed by atoms with Crippen LogP contribution in [0, 0.1) is 0 Å². The molecular formula is C13H18N2O4. The quantitative estimate of drug-likeness (QED) is 0.762. The Morgan fingerprint density at radius 3 is 2.58 bits per heavy atom. The molecule has 0 aromatic heterocycles. The monoisotopic (exact) mass is 266 g/mol. The fourth-order valence-electron chi connectivity index (χ4n) is 1.24. The average molecular weight is 266 g/mol. The van der Waals surface area contributed by atoms with Crippen LogP contribution in [0.3, 0.4) is 0 Å². The van der Waals surface area contributed by atoms with Gasteiger partial charge in [-0.2, -0.15) is 0 Å². The van der Waals surface area contributed by atoms with Gasteiger partial charge in [-0.25, -0.2) is 10.3 Å². The number of nitrogens with one attached hydrogen (secondary N) is 2. The van der Waals surface area contributed by atoms with Crippen molar-refractivity contribution in [2.45, 2.75) is 26.5 Å². The molecule has 104 valence electrons. The normalized spacial score (nSPS) is 11.5. The molecule has 1 unspecified atom stereocenters. The molecule has 0 saturated heterocycles. The van der Waals surface area contributed by atoms with Crippen molar-refractivity contribution >= 4 is 12.0 Å². The smallest absolute Gasteiger partial charge is 0.408 e. The average Bonchev–Trinajstić information content (AvgIpc) is 2.43. The number of hydroxylamine groups is 1. The first-order chi connectivity index (χ1) is 9.13. The molecule has 1 rings (SSSR count). The number of ether oxygens (including phenoxy) is 1. The van der Waals surface area contributed by atoms with Crippen LogP contribution in [0.15, 0.2) is 30.3 Å². The maximum absolute atomic E-state index is 11.5. The minimum Gasteiger partial charge on any atom is -0.445 e. The van der Waals surface area contributed by atoms with E-state index in [0.29, 0.717) is 6.61 Å². The molecule has 0 heterocycles. The number of rotatable bonds is 6. The first kappa shape index (κ1) is 15.0.